The number of hydrogen-bond acceptors (Lipinski definition) is 3. The van der Waals surface area contributed by atoms with Crippen molar-refractivity contribution in [2.75, 3.05) is 0 Å². The monoisotopic (exact) mass is 374 g/mol. The fourth-order valence-corrected chi connectivity index (χ4v) is 3.96. The van der Waals surface area contributed by atoms with Gasteiger partial charge in [0.25, 0.3) is 0 Å². The van der Waals surface area contributed by atoms with Gasteiger partial charge in [-0.15, -0.1) is 0 Å². The van der Waals surface area contributed by atoms with Crippen LogP contribution in [0.25, 0.3) is 11.1 Å². The summed E-state index contributed by atoms with van der Waals surface area (Å²) in [6.07, 6.45) is 0. The zero-order valence-corrected chi connectivity index (χ0v) is 15.3. The molecule has 4 rings (SSSR count). The SMILES string of the molecule is CC(=O)C1(c2ccccc2-c2ccc(Cl)cc2)C(=O)c2ccccc2C1=O. The fourth-order valence-electron chi connectivity index (χ4n) is 3.83. The third kappa shape index (κ3) is 2.39. The summed E-state index contributed by atoms with van der Waals surface area (Å²) >= 11 is 5.99. The molecule has 4 heteroatoms. The third-order valence-electron chi connectivity index (χ3n) is 5.11. The molecule has 0 aromatic heterocycles. The maximum atomic E-state index is 13.3. The van der Waals surface area contributed by atoms with Gasteiger partial charge >= 0.3 is 0 Å². The molecule has 0 spiro atoms. The summed E-state index contributed by atoms with van der Waals surface area (Å²) < 4.78 is 0. The highest BCUT2D eigenvalue weighted by Gasteiger charge is 2.58. The first-order chi connectivity index (χ1) is 13.0. The molecule has 0 N–H and O–H groups in total. The lowest BCUT2D eigenvalue weighted by atomic mass is 9.70. The number of carbonyl (C=O) groups excluding carboxylic acids is 3. The maximum absolute atomic E-state index is 13.3. The van der Waals surface area contributed by atoms with E-state index in [0.29, 0.717) is 27.3 Å². The zero-order valence-electron chi connectivity index (χ0n) is 14.5. The lowest BCUT2D eigenvalue weighted by Crippen LogP contribution is -2.45. The maximum Gasteiger partial charge on any atom is 0.189 e. The van der Waals surface area contributed by atoms with Gasteiger partial charge < -0.3 is 0 Å². The average Bonchev–Trinajstić information content (AvgIpc) is 2.91. The van der Waals surface area contributed by atoms with Crippen molar-refractivity contribution >= 4 is 29.0 Å². The quantitative estimate of drug-likeness (QED) is 0.612. The number of benzene rings is 3. The molecule has 1 aliphatic rings. The Morgan fingerprint density at radius 3 is 1.74 bits per heavy atom. The van der Waals surface area contributed by atoms with E-state index in [1.165, 1.54) is 6.92 Å². The number of halogens is 1. The molecule has 132 valence electrons. The smallest absolute Gasteiger partial charge is 0.189 e. The predicted octanol–water partition coefficient (Wildman–Crippen LogP) is 4.91. The van der Waals surface area contributed by atoms with Crippen molar-refractivity contribution in [3.63, 3.8) is 0 Å². The van der Waals surface area contributed by atoms with Gasteiger partial charge in [-0.2, -0.15) is 0 Å². The molecule has 3 aromatic carbocycles. The Labute approximate surface area is 161 Å². The number of rotatable bonds is 3. The molecule has 0 saturated heterocycles. The summed E-state index contributed by atoms with van der Waals surface area (Å²) in [5.41, 5.74) is 0.601. The molecule has 0 fully saturated rings. The molecule has 3 aromatic rings. The van der Waals surface area contributed by atoms with E-state index in [0.717, 1.165) is 5.56 Å². The van der Waals surface area contributed by atoms with Crippen molar-refractivity contribution in [2.24, 2.45) is 0 Å². The fraction of sp³-hybridized carbons (Fsp3) is 0.0870. The first-order valence-corrected chi connectivity index (χ1v) is 8.91. The van der Waals surface area contributed by atoms with Crippen molar-refractivity contribution in [3.8, 4) is 11.1 Å². The molecule has 27 heavy (non-hydrogen) atoms. The number of ketones is 3. The van der Waals surface area contributed by atoms with Crippen LogP contribution < -0.4 is 0 Å². The highest BCUT2D eigenvalue weighted by Crippen LogP contribution is 2.44. The van der Waals surface area contributed by atoms with Gasteiger partial charge in [-0.3, -0.25) is 14.4 Å². The molecule has 0 bridgehead atoms. The van der Waals surface area contributed by atoms with Gasteiger partial charge in [-0.1, -0.05) is 72.3 Å². The van der Waals surface area contributed by atoms with Crippen LogP contribution in [0.1, 0.15) is 33.2 Å². The molecule has 1 aliphatic carbocycles. The van der Waals surface area contributed by atoms with E-state index in [4.69, 9.17) is 11.6 Å². The van der Waals surface area contributed by atoms with E-state index in [2.05, 4.69) is 0 Å². The van der Waals surface area contributed by atoms with Crippen LogP contribution in [-0.4, -0.2) is 17.3 Å². The highest BCUT2D eigenvalue weighted by atomic mass is 35.5. The van der Waals surface area contributed by atoms with E-state index in [1.807, 2.05) is 24.3 Å². The summed E-state index contributed by atoms with van der Waals surface area (Å²) in [4.78, 5) is 39.5. The molecule has 0 amide bonds. The molecular weight excluding hydrogens is 360 g/mol. The van der Waals surface area contributed by atoms with Crippen LogP contribution in [0, 0.1) is 0 Å². The molecule has 0 radical (unpaired) electrons. The lowest BCUT2D eigenvalue weighted by Gasteiger charge is -2.26. The molecule has 0 saturated carbocycles. The van der Waals surface area contributed by atoms with Crippen LogP contribution in [0.5, 0.6) is 0 Å². The number of Topliss-reactive ketones (excluding diaryl/α,β-unsaturated/α-hetero) is 3. The molecular formula is C23H15ClO3. The van der Waals surface area contributed by atoms with Crippen LogP contribution in [0.15, 0.2) is 72.8 Å². The molecule has 3 nitrogen and oxygen atoms in total. The lowest BCUT2D eigenvalue weighted by molar-refractivity contribution is -0.119. The summed E-state index contributed by atoms with van der Waals surface area (Å²) in [7, 11) is 0. The largest absolute Gasteiger partial charge is 0.298 e. The minimum atomic E-state index is -1.85. The zero-order chi connectivity index (χ0) is 19.2. The standard InChI is InChI=1S/C23H15ClO3/c1-14(25)23(21(26)18-7-2-3-8-19(18)22(23)27)20-9-5-4-6-17(20)15-10-12-16(24)13-11-15/h2-13H,1H3. The van der Waals surface area contributed by atoms with Gasteiger partial charge in [-0.05, 0) is 35.7 Å². The Kier molecular flexibility index (Phi) is 4.05. The van der Waals surface area contributed by atoms with Crippen molar-refractivity contribution < 1.29 is 14.4 Å². The van der Waals surface area contributed by atoms with Crippen molar-refractivity contribution in [3.05, 3.63) is 94.5 Å². The number of fused-ring (bicyclic) bond motifs is 1. The predicted molar refractivity (Wildman–Crippen MR) is 104 cm³/mol. The Bertz CT molecular complexity index is 1060. The number of carbonyl (C=O) groups is 3. The van der Waals surface area contributed by atoms with Crippen molar-refractivity contribution in [1.29, 1.82) is 0 Å². The first-order valence-electron chi connectivity index (χ1n) is 8.53. The van der Waals surface area contributed by atoms with Gasteiger partial charge in [-0.25, -0.2) is 0 Å². The van der Waals surface area contributed by atoms with Crippen LogP contribution in [0.3, 0.4) is 0 Å². The second kappa shape index (κ2) is 6.29. The Morgan fingerprint density at radius 2 is 1.22 bits per heavy atom. The topological polar surface area (TPSA) is 51.2 Å². The minimum absolute atomic E-state index is 0.295. The van der Waals surface area contributed by atoms with Crippen LogP contribution in [0.2, 0.25) is 5.02 Å². The summed E-state index contributed by atoms with van der Waals surface area (Å²) in [5.74, 6) is -1.40. The van der Waals surface area contributed by atoms with Crippen LogP contribution in [0.4, 0.5) is 0 Å². The van der Waals surface area contributed by atoms with E-state index < -0.39 is 22.8 Å². The Morgan fingerprint density at radius 1 is 0.741 bits per heavy atom. The van der Waals surface area contributed by atoms with Gasteiger partial charge in [0.15, 0.2) is 22.8 Å². The normalized spacial score (nSPS) is 14.9. The van der Waals surface area contributed by atoms with E-state index in [-0.39, 0.29) is 0 Å². The Hall–Kier alpha value is -3.04. The molecule has 0 heterocycles. The third-order valence-corrected chi connectivity index (χ3v) is 5.36. The number of hydrogen-bond donors (Lipinski definition) is 0. The van der Waals surface area contributed by atoms with Gasteiger partial charge in [0, 0.05) is 16.1 Å². The van der Waals surface area contributed by atoms with Crippen LogP contribution in [-0.2, 0) is 10.2 Å². The highest BCUT2D eigenvalue weighted by molar-refractivity contribution is 6.43. The van der Waals surface area contributed by atoms with Gasteiger partial charge in [0.1, 0.15) is 0 Å². The van der Waals surface area contributed by atoms with Gasteiger partial charge in [0.2, 0.25) is 0 Å². The van der Waals surface area contributed by atoms with Crippen molar-refractivity contribution in [2.45, 2.75) is 12.3 Å². The summed E-state index contributed by atoms with van der Waals surface area (Å²) in [6.45, 7) is 1.31. The average molecular weight is 375 g/mol. The summed E-state index contributed by atoms with van der Waals surface area (Å²) in [5, 5.41) is 0.581. The molecule has 0 atom stereocenters. The molecule has 0 unspecified atom stereocenters. The van der Waals surface area contributed by atoms with E-state index >= 15 is 0 Å². The second-order valence-corrected chi connectivity index (χ2v) is 7.00. The summed E-state index contributed by atoms with van der Waals surface area (Å²) in [6, 6.07) is 20.8. The first kappa shape index (κ1) is 17.4. The van der Waals surface area contributed by atoms with Crippen molar-refractivity contribution in [1.82, 2.24) is 0 Å². The molecule has 0 aliphatic heterocycles. The Balaban J connectivity index is 2.02. The van der Waals surface area contributed by atoms with E-state index in [1.54, 1.807) is 48.5 Å². The second-order valence-electron chi connectivity index (χ2n) is 6.56. The van der Waals surface area contributed by atoms with E-state index in [9.17, 15) is 14.4 Å². The van der Waals surface area contributed by atoms with Crippen LogP contribution >= 0.6 is 11.6 Å². The minimum Gasteiger partial charge on any atom is -0.298 e. The van der Waals surface area contributed by atoms with Gasteiger partial charge in [0.05, 0.1) is 0 Å².